The normalized spacial score (nSPS) is 25.2. The molecule has 0 bridgehead atoms. The van der Waals surface area contributed by atoms with Gasteiger partial charge in [0.05, 0.1) is 46.9 Å². The second-order valence-electron chi connectivity index (χ2n) is 14.6. The fraction of sp³-hybridized carbons (Fsp3) is 0.459. The van der Waals surface area contributed by atoms with E-state index >= 15 is 0 Å². The Kier molecular flexibility index (Phi) is 6.67. The van der Waals surface area contributed by atoms with Crippen molar-refractivity contribution < 1.29 is 0 Å². The van der Waals surface area contributed by atoms with E-state index in [1.54, 1.807) is 0 Å². The Morgan fingerprint density at radius 1 is 0.683 bits per heavy atom. The van der Waals surface area contributed by atoms with Crippen LogP contribution in [-0.2, 0) is 0 Å². The van der Waals surface area contributed by atoms with Gasteiger partial charge in [-0.25, -0.2) is 0 Å². The van der Waals surface area contributed by atoms with Gasteiger partial charge in [-0.05, 0) is 82.9 Å². The van der Waals surface area contributed by atoms with Gasteiger partial charge in [-0.1, -0.05) is 74.6 Å². The third-order valence-corrected chi connectivity index (χ3v) is 9.06. The smallest absolute Gasteiger partial charge is 0.0728 e. The van der Waals surface area contributed by atoms with Crippen molar-refractivity contribution in [2.24, 2.45) is 5.92 Å². The monoisotopic (exact) mass is 548 g/mol. The molecule has 2 aromatic rings. The van der Waals surface area contributed by atoms with Crippen molar-refractivity contribution in [2.45, 2.75) is 90.6 Å². The molecule has 6 rings (SSSR count). The number of nitrogens with zero attached hydrogens (tertiary/aromatic N) is 4. The molecule has 0 N–H and O–H groups in total. The van der Waals surface area contributed by atoms with Gasteiger partial charge in [-0.3, -0.25) is 0 Å². The van der Waals surface area contributed by atoms with Crippen molar-refractivity contribution >= 4 is 28.3 Å². The van der Waals surface area contributed by atoms with Gasteiger partial charge in [0.25, 0.3) is 0 Å². The molecule has 216 valence electrons. The van der Waals surface area contributed by atoms with Gasteiger partial charge in [0.2, 0.25) is 0 Å². The fourth-order valence-electron chi connectivity index (χ4n) is 7.52. The molecule has 0 amide bonds. The van der Waals surface area contributed by atoms with E-state index in [9.17, 15) is 0 Å². The Morgan fingerprint density at radius 2 is 1.32 bits per heavy atom. The Labute approximate surface area is 248 Å². The maximum absolute atomic E-state index is 2.66. The Balaban J connectivity index is 1.47. The van der Waals surface area contributed by atoms with Gasteiger partial charge >= 0.3 is 0 Å². The third-order valence-electron chi connectivity index (χ3n) is 9.06. The highest BCUT2D eigenvalue weighted by molar-refractivity contribution is 5.87. The summed E-state index contributed by atoms with van der Waals surface area (Å²) in [5, 5.41) is 0. The van der Waals surface area contributed by atoms with Gasteiger partial charge in [0.1, 0.15) is 0 Å². The molecule has 2 aliphatic carbocycles. The lowest BCUT2D eigenvalue weighted by molar-refractivity contribution is 0.418. The minimum atomic E-state index is -0.0174. The van der Waals surface area contributed by atoms with Crippen LogP contribution in [0.15, 0.2) is 85.0 Å². The standard InChI is InChI=1S/C37H48N4/c1-25(2)24-39-30-15-11-13-17-33(30)41(37(6,7)8)35-23-27(19-21-31(35)39)26-18-20-29-34(22-26)40(36(3,4)5)32-16-12-10-14-28(32)38(29)9/h10-23,25,29-30,33-34H,24H2,1-9H3. The van der Waals surface area contributed by atoms with E-state index in [1.807, 2.05) is 0 Å². The Bertz CT molecular complexity index is 1430. The Hall–Kier alpha value is -3.40. The third kappa shape index (κ3) is 4.70. The summed E-state index contributed by atoms with van der Waals surface area (Å²) in [5.41, 5.74) is 7.87. The average molecular weight is 549 g/mol. The lowest BCUT2D eigenvalue weighted by atomic mass is 9.85. The van der Waals surface area contributed by atoms with Crippen molar-refractivity contribution in [2.75, 3.05) is 33.2 Å². The summed E-state index contributed by atoms with van der Waals surface area (Å²) < 4.78 is 0. The van der Waals surface area contributed by atoms with Crippen LogP contribution in [0.25, 0.3) is 5.57 Å². The second-order valence-corrected chi connectivity index (χ2v) is 14.6. The van der Waals surface area contributed by atoms with E-state index in [0.717, 1.165) is 6.54 Å². The average Bonchev–Trinajstić information content (AvgIpc) is 2.91. The van der Waals surface area contributed by atoms with E-state index in [2.05, 4.69) is 167 Å². The van der Waals surface area contributed by atoms with Gasteiger partial charge in [0.15, 0.2) is 0 Å². The topological polar surface area (TPSA) is 13.0 Å². The van der Waals surface area contributed by atoms with Gasteiger partial charge in [0, 0.05) is 24.7 Å². The number of likely N-dealkylation sites (N-methyl/N-ethyl adjacent to an activating group) is 1. The van der Waals surface area contributed by atoms with Crippen LogP contribution in [0, 0.1) is 5.92 Å². The number of fused-ring (bicyclic) bond motifs is 4. The van der Waals surface area contributed by atoms with Crippen LogP contribution in [0.1, 0.15) is 61.0 Å². The number of allylic oxidation sites excluding steroid dienone is 4. The van der Waals surface area contributed by atoms with E-state index < -0.39 is 0 Å². The summed E-state index contributed by atoms with van der Waals surface area (Å²) in [7, 11) is 2.24. The maximum atomic E-state index is 2.66. The molecule has 0 spiro atoms. The van der Waals surface area contributed by atoms with Crippen LogP contribution < -0.4 is 19.6 Å². The van der Waals surface area contributed by atoms with Crippen molar-refractivity contribution in [1.29, 1.82) is 0 Å². The lowest BCUT2D eigenvalue weighted by Crippen LogP contribution is -2.61. The van der Waals surface area contributed by atoms with Crippen molar-refractivity contribution in [3.8, 4) is 0 Å². The molecular formula is C37H48N4. The van der Waals surface area contributed by atoms with Crippen molar-refractivity contribution in [3.63, 3.8) is 0 Å². The van der Waals surface area contributed by atoms with Gasteiger partial charge in [-0.2, -0.15) is 0 Å². The molecule has 2 heterocycles. The SMILES string of the molecule is CC(C)CN1c2ccc(C3=CC4C(C=C3)N(C)c3ccccc3N4C(C)(C)C)cc2N(C(C)(C)C)C2C=CC=CC21. The van der Waals surface area contributed by atoms with Crippen molar-refractivity contribution in [1.82, 2.24) is 0 Å². The number of anilines is 4. The van der Waals surface area contributed by atoms with Crippen LogP contribution in [-0.4, -0.2) is 48.8 Å². The summed E-state index contributed by atoms with van der Waals surface area (Å²) >= 11 is 0. The lowest BCUT2D eigenvalue weighted by Gasteiger charge is -2.54. The zero-order valence-electron chi connectivity index (χ0n) is 26.5. The molecule has 4 atom stereocenters. The number of rotatable bonds is 3. The molecule has 41 heavy (non-hydrogen) atoms. The molecule has 0 saturated carbocycles. The van der Waals surface area contributed by atoms with Crippen LogP contribution >= 0.6 is 0 Å². The van der Waals surface area contributed by atoms with Crippen LogP contribution in [0.4, 0.5) is 22.7 Å². The first-order valence-corrected chi connectivity index (χ1v) is 15.4. The van der Waals surface area contributed by atoms with Crippen molar-refractivity contribution in [3.05, 3.63) is 90.6 Å². The largest absolute Gasteiger partial charge is 0.364 e. The fourth-order valence-corrected chi connectivity index (χ4v) is 7.52. The van der Waals surface area contributed by atoms with Gasteiger partial charge < -0.3 is 19.6 Å². The molecular weight excluding hydrogens is 500 g/mol. The van der Waals surface area contributed by atoms with E-state index in [1.165, 1.54) is 33.9 Å². The quantitative estimate of drug-likeness (QED) is 0.384. The summed E-state index contributed by atoms with van der Waals surface area (Å²) in [6.07, 6.45) is 16.6. The molecule has 0 saturated heterocycles. The number of hydrogen-bond acceptors (Lipinski definition) is 4. The zero-order valence-corrected chi connectivity index (χ0v) is 26.5. The second kappa shape index (κ2) is 9.86. The number of para-hydroxylation sites is 2. The molecule has 0 radical (unpaired) electrons. The van der Waals surface area contributed by atoms with Crippen LogP contribution in [0.2, 0.25) is 0 Å². The molecule has 4 nitrogen and oxygen atoms in total. The number of benzene rings is 2. The summed E-state index contributed by atoms with van der Waals surface area (Å²) in [4.78, 5) is 10.4. The van der Waals surface area contributed by atoms with Crippen LogP contribution in [0.3, 0.4) is 0 Å². The Morgan fingerprint density at radius 3 is 1.98 bits per heavy atom. The van der Waals surface area contributed by atoms with Gasteiger partial charge in [-0.15, -0.1) is 0 Å². The highest BCUT2D eigenvalue weighted by Gasteiger charge is 2.43. The summed E-state index contributed by atoms with van der Waals surface area (Å²) in [6, 6.07) is 17.3. The highest BCUT2D eigenvalue weighted by Crippen LogP contribution is 2.47. The van der Waals surface area contributed by atoms with Crippen LogP contribution in [0.5, 0.6) is 0 Å². The van der Waals surface area contributed by atoms with E-state index in [4.69, 9.17) is 0 Å². The molecule has 2 aliphatic heterocycles. The molecule has 2 aromatic carbocycles. The first-order chi connectivity index (χ1) is 19.4. The van der Waals surface area contributed by atoms with E-state index in [0.29, 0.717) is 18.0 Å². The predicted octanol–water partition coefficient (Wildman–Crippen LogP) is 8.08. The highest BCUT2D eigenvalue weighted by atomic mass is 15.3. The first kappa shape index (κ1) is 27.8. The minimum absolute atomic E-state index is 0.0147. The zero-order chi connectivity index (χ0) is 29.3. The molecule has 0 aromatic heterocycles. The number of hydrogen-bond donors (Lipinski definition) is 0. The first-order valence-electron chi connectivity index (χ1n) is 15.4. The molecule has 4 heteroatoms. The molecule has 4 aliphatic rings. The molecule has 0 fully saturated rings. The summed E-state index contributed by atoms with van der Waals surface area (Å²) in [5.74, 6) is 0.583. The summed E-state index contributed by atoms with van der Waals surface area (Å²) in [6.45, 7) is 19.8. The maximum Gasteiger partial charge on any atom is 0.0728 e. The predicted molar refractivity (Wildman–Crippen MR) is 178 cm³/mol. The van der Waals surface area contributed by atoms with E-state index in [-0.39, 0.29) is 23.2 Å². The molecule has 4 unspecified atom stereocenters. The minimum Gasteiger partial charge on any atom is -0.364 e.